The molecule has 0 radical (unpaired) electrons. The highest BCUT2D eigenvalue weighted by Crippen LogP contribution is 2.37. The van der Waals surface area contributed by atoms with Gasteiger partial charge < -0.3 is 4.74 Å². The van der Waals surface area contributed by atoms with Crippen LogP contribution in [0.15, 0.2) is 22.7 Å². The summed E-state index contributed by atoms with van der Waals surface area (Å²) in [5.74, 6) is 0.239. The Hall–Kier alpha value is -0.550. The van der Waals surface area contributed by atoms with Crippen LogP contribution in [0.25, 0.3) is 0 Å². The van der Waals surface area contributed by atoms with Crippen LogP contribution in [0, 0.1) is 0 Å². The molecule has 0 saturated carbocycles. The van der Waals surface area contributed by atoms with E-state index in [1.165, 1.54) is 12.1 Å². The molecule has 0 unspecified atom stereocenters. The molecule has 1 heterocycles. The van der Waals surface area contributed by atoms with Crippen molar-refractivity contribution in [2.45, 2.75) is 12.1 Å². The van der Waals surface area contributed by atoms with Crippen molar-refractivity contribution in [3.63, 3.8) is 0 Å². The predicted molar refractivity (Wildman–Crippen MR) is 52.7 cm³/mol. The summed E-state index contributed by atoms with van der Waals surface area (Å²) in [6.07, 6.45) is -4.30. The Morgan fingerprint density at radius 2 is 1.93 bits per heavy atom. The monoisotopic (exact) mass is 280 g/mol. The molecule has 5 heteroatoms. The highest BCUT2D eigenvalue weighted by Gasteiger charge is 2.33. The SMILES string of the molecule is FC(F)(F)c1ccc(C2COC2)cc1Br. The van der Waals surface area contributed by atoms with Crippen molar-refractivity contribution in [1.82, 2.24) is 0 Å². The average Bonchev–Trinajstić information content (AvgIpc) is 1.97. The van der Waals surface area contributed by atoms with Crippen molar-refractivity contribution >= 4 is 15.9 Å². The lowest BCUT2D eigenvalue weighted by Crippen LogP contribution is -2.25. The van der Waals surface area contributed by atoms with Crippen LogP contribution in [0.2, 0.25) is 0 Å². The number of benzene rings is 1. The fraction of sp³-hybridized carbons (Fsp3) is 0.400. The first kappa shape index (κ1) is 11.0. The van der Waals surface area contributed by atoms with Gasteiger partial charge in [0.15, 0.2) is 0 Å². The maximum absolute atomic E-state index is 12.4. The highest BCUT2D eigenvalue weighted by atomic mass is 79.9. The minimum atomic E-state index is -4.30. The third kappa shape index (κ3) is 2.18. The Balaban J connectivity index is 2.30. The van der Waals surface area contributed by atoms with Gasteiger partial charge in [0.05, 0.1) is 18.8 Å². The van der Waals surface area contributed by atoms with Gasteiger partial charge in [0.1, 0.15) is 0 Å². The number of ether oxygens (including phenoxy) is 1. The molecule has 82 valence electrons. The largest absolute Gasteiger partial charge is 0.417 e. The van der Waals surface area contributed by atoms with E-state index in [1.54, 1.807) is 0 Å². The Bertz CT molecular complexity index is 371. The van der Waals surface area contributed by atoms with E-state index in [9.17, 15) is 13.2 Å². The highest BCUT2D eigenvalue weighted by molar-refractivity contribution is 9.10. The molecule has 0 N–H and O–H groups in total. The summed E-state index contributed by atoms with van der Waals surface area (Å²) in [6, 6.07) is 4.15. The van der Waals surface area contributed by atoms with Crippen LogP contribution in [0.1, 0.15) is 17.0 Å². The molecule has 1 saturated heterocycles. The molecule has 0 atom stereocenters. The van der Waals surface area contributed by atoms with E-state index in [2.05, 4.69) is 15.9 Å². The zero-order chi connectivity index (χ0) is 11.1. The maximum atomic E-state index is 12.4. The van der Waals surface area contributed by atoms with E-state index in [0.717, 1.165) is 11.6 Å². The molecule has 2 rings (SSSR count). The van der Waals surface area contributed by atoms with E-state index in [0.29, 0.717) is 13.2 Å². The van der Waals surface area contributed by atoms with Gasteiger partial charge in [-0.3, -0.25) is 0 Å². The topological polar surface area (TPSA) is 9.23 Å². The van der Waals surface area contributed by atoms with Gasteiger partial charge in [-0.05, 0) is 17.7 Å². The van der Waals surface area contributed by atoms with Crippen LogP contribution in [-0.4, -0.2) is 13.2 Å². The molecule has 1 aliphatic rings. The minimum absolute atomic E-state index is 0.0967. The third-order valence-electron chi connectivity index (χ3n) is 2.41. The van der Waals surface area contributed by atoms with E-state index < -0.39 is 11.7 Å². The van der Waals surface area contributed by atoms with Gasteiger partial charge >= 0.3 is 6.18 Å². The molecule has 1 nitrogen and oxygen atoms in total. The molecule has 0 spiro atoms. The first-order valence-corrected chi connectivity index (χ1v) is 5.22. The summed E-state index contributed by atoms with van der Waals surface area (Å²) < 4.78 is 42.4. The number of rotatable bonds is 1. The number of halogens is 4. The molecule has 0 aliphatic carbocycles. The van der Waals surface area contributed by atoms with E-state index in [1.807, 2.05) is 0 Å². The van der Waals surface area contributed by atoms with E-state index in [-0.39, 0.29) is 10.4 Å². The first-order chi connectivity index (χ1) is 6.98. The summed E-state index contributed by atoms with van der Waals surface area (Å²) in [4.78, 5) is 0. The summed E-state index contributed by atoms with van der Waals surface area (Å²) >= 11 is 2.94. The molecule has 1 fully saturated rings. The van der Waals surface area contributed by atoms with Crippen molar-refractivity contribution in [2.75, 3.05) is 13.2 Å². The molecular formula is C10H8BrF3O. The van der Waals surface area contributed by atoms with Gasteiger partial charge in [-0.15, -0.1) is 0 Å². The van der Waals surface area contributed by atoms with Crippen LogP contribution < -0.4 is 0 Å². The van der Waals surface area contributed by atoms with Crippen LogP contribution in [0.3, 0.4) is 0 Å². The van der Waals surface area contributed by atoms with Crippen molar-refractivity contribution in [3.8, 4) is 0 Å². The quantitative estimate of drug-likeness (QED) is 0.764. The summed E-state index contributed by atoms with van der Waals surface area (Å²) in [6.45, 7) is 1.19. The number of hydrogen-bond acceptors (Lipinski definition) is 1. The average molecular weight is 281 g/mol. The molecule has 0 aromatic heterocycles. The zero-order valence-electron chi connectivity index (χ0n) is 7.64. The molecule has 1 aromatic carbocycles. The van der Waals surface area contributed by atoms with Crippen molar-refractivity contribution in [1.29, 1.82) is 0 Å². The number of alkyl halides is 3. The zero-order valence-corrected chi connectivity index (χ0v) is 9.23. The minimum Gasteiger partial charge on any atom is -0.380 e. The summed E-state index contributed by atoms with van der Waals surface area (Å²) in [5.41, 5.74) is 0.257. The smallest absolute Gasteiger partial charge is 0.380 e. The van der Waals surface area contributed by atoms with Gasteiger partial charge in [0.2, 0.25) is 0 Å². The molecular weight excluding hydrogens is 273 g/mol. The second-order valence-electron chi connectivity index (χ2n) is 3.47. The summed E-state index contributed by atoms with van der Waals surface area (Å²) in [5, 5.41) is 0. The molecule has 0 bridgehead atoms. The maximum Gasteiger partial charge on any atom is 0.417 e. The van der Waals surface area contributed by atoms with Crippen LogP contribution in [0.5, 0.6) is 0 Å². The van der Waals surface area contributed by atoms with Crippen LogP contribution in [0.4, 0.5) is 13.2 Å². The Morgan fingerprint density at radius 1 is 1.27 bits per heavy atom. The molecule has 1 aromatic rings. The Kier molecular flexibility index (Phi) is 2.77. The van der Waals surface area contributed by atoms with Crippen molar-refractivity contribution < 1.29 is 17.9 Å². The van der Waals surface area contributed by atoms with Gasteiger partial charge in [0, 0.05) is 10.4 Å². The van der Waals surface area contributed by atoms with E-state index >= 15 is 0 Å². The normalized spacial score (nSPS) is 17.6. The lowest BCUT2D eigenvalue weighted by atomic mass is 9.96. The van der Waals surface area contributed by atoms with Gasteiger partial charge in [-0.2, -0.15) is 13.2 Å². The lowest BCUT2D eigenvalue weighted by Gasteiger charge is -2.26. The van der Waals surface area contributed by atoms with Gasteiger partial charge in [-0.25, -0.2) is 0 Å². The fourth-order valence-electron chi connectivity index (χ4n) is 1.44. The predicted octanol–water partition coefficient (Wildman–Crippen LogP) is 3.58. The van der Waals surface area contributed by atoms with Crippen LogP contribution >= 0.6 is 15.9 Å². The summed E-state index contributed by atoms with van der Waals surface area (Å²) in [7, 11) is 0. The second kappa shape index (κ2) is 3.79. The molecule has 1 aliphatic heterocycles. The van der Waals surface area contributed by atoms with Gasteiger partial charge in [-0.1, -0.05) is 22.0 Å². The second-order valence-corrected chi connectivity index (χ2v) is 4.33. The van der Waals surface area contributed by atoms with Gasteiger partial charge in [0.25, 0.3) is 0 Å². The molecule has 15 heavy (non-hydrogen) atoms. The fourth-order valence-corrected chi connectivity index (χ4v) is 2.06. The Labute approximate surface area is 93.4 Å². The van der Waals surface area contributed by atoms with Crippen LogP contribution in [-0.2, 0) is 10.9 Å². The Morgan fingerprint density at radius 3 is 2.33 bits per heavy atom. The molecule has 0 amide bonds. The lowest BCUT2D eigenvalue weighted by molar-refractivity contribution is -0.138. The first-order valence-electron chi connectivity index (χ1n) is 4.43. The van der Waals surface area contributed by atoms with Crippen molar-refractivity contribution in [2.24, 2.45) is 0 Å². The van der Waals surface area contributed by atoms with E-state index in [4.69, 9.17) is 4.74 Å². The number of hydrogen-bond donors (Lipinski definition) is 0. The third-order valence-corrected chi connectivity index (χ3v) is 3.06. The van der Waals surface area contributed by atoms with Crippen molar-refractivity contribution in [3.05, 3.63) is 33.8 Å². The standard InChI is InChI=1S/C10H8BrF3O/c11-9-3-6(7-4-15-5-7)1-2-8(9)10(12,13)14/h1-3,7H,4-5H2.